The molecule has 0 unspecified atom stereocenters. The lowest BCUT2D eigenvalue weighted by Gasteiger charge is -2.23. The van der Waals surface area contributed by atoms with E-state index in [-0.39, 0.29) is 6.10 Å². The highest BCUT2D eigenvalue weighted by Gasteiger charge is 2.22. The molecule has 2 rings (SSSR count). The second kappa shape index (κ2) is 3.70. The lowest BCUT2D eigenvalue weighted by molar-refractivity contribution is 0.0439. The van der Waals surface area contributed by atoms with Gasteiger partial charge in [0.15, 0.2) is 0 Å². The van der Waals surface area contributed by atoms with Gasteiger partial charge in [0.05, 0.1) is 0 Å². The summed E-state index contributed by atoms with van der Waals surface area (Å²) in [5.41, 5.74) is 2.24. The van der Waals surface area contributed by atoms with Crippen LogP contribution in [0.2, 0.25) is 0 Å². The number of hydrogen-bond acceptors (Lipinski definition) is 2. The molecule has 3 heteroatoms. The SMILES string of the molecule is O=C(O)O[C@H]1CCCc2ccccc21. The first-order valence-electron chi connectivity index (χ1n) is 4.75. The quantitative estimate of drug-likeness (QED) is 0.696. The van der Waals surface area contributed by atoms with Crippen molar-refractivity contribution in [3.05, 3.63) is 35.4 Å². The predicted molar refractivity (Wildman–Crippen MR) is 51.2 cm³/mol. The Morgan fingerprint density at radius 2 is 2.21 bits per heavy atom. The Morgan fingerprint density at radius 1 is 1.43 bits per heavy atom. The molecule has 0 amide bonds. The van der Waals surface area contributed by atoms with Crippen LogP contribution in [-0.2, 0) is 11.2 Å². The molecule has 0 heterocycles. The van der Waals surface area contributed by atoms with Crippen LogP contribution in [0.4, 0.5) is 4.79 Å². The van der Waals surface area contributed by atoms with Gasteiger partial charge in [-0.15, -0.1) is 0 Å². The second-order valence-corrected chi connectivity index (χ2v) is 3.46. The molecule has 74 valence electrons. The molecule has 0 aliphatic heterocycles. The van der Waals surface area contributed by atoms with Crippen LogP contribution in [0.25, 0.3) is 0 Å². The zero-order valence-corrected chi connectivity index (χ0v) is 7.77. The van der Waals surface area contributed by atoms with Gasteiger partial charge in [-0.3, -0.25) is 0 Å². The Morgan fingerprint density at radius 3 is 3.00 bits per heavy atom. The lowest BCUT2D eigenvalue weighted by atomic mass is 9.89. The van der Waals surface area contributed by atoms with Crippen LogP contribution in [0.1, 0.15) is 30.1 Å². The zero-order chi connectivity index (χ0) is 9.97. The Balaban J connectivity index is 2.26. The fourth-order valence-electron chi connectivity index (χ4n) is 1.95. The Bertz CT molecular complexity index is 346. The summed E-state index contributed by atoms with van der Waals surface area (Å²) in [4.78, 5) is 10.5. The van der Waals surface area contributed by atoms with Crippen LogP contribution in [-0.4, -0.2) is 11.3 Å². The second-order valence-electron chi connectivity index (χ2n) is 3.46. The molecule has 3 nitrogen and oxygen atoms in total. The smallest absolute Gasteiger partial charge is 0.450 e. The van der Waals surface area contributed by atoms with Crippen molar-refractivity contribution in [3.8, 4) is 0 Å². The lowest BCUT2D eigenvalue weighted by Crippen LogP contribution is -2.15. The Hall–Kier alpha value is -1.51. The highest BCUT2D eigenvalue weighted by molar-refractivity contribution is 5.57. The van der Waals surface area contributed by atoms with Gasteiger partial charge < -0.3 is 9.84 Å². The number of ether oxygens (including phenoxy) is 1. The van der Waals surface area contributed by atoms with Gasteiger partial charge in [0, 0.05) is 0 Å². The van der Waals surface area contributed by atoms with Crippen LogP contribution < -0.4 is 0 Å². The van der Waals surface area contributed by atoms with E-state index in [1.54, 1.807) is 0 Å². The highest BCUT2D eigenvalue weighted by atomic mass is 16.7. The van der Waals surface area contributed by atoms with Crippen molar-refractivity contribution in [3.63, 3.8) is 0 Å². The summed E-state index contributed by atoms with van der Waals surface area (Å²) in [6, 6.07) is 7.87. The third-order valence-electron chi connectivity index (χ3n) is 2.56. The molecule has 1 aromatic carbocycles. The molecule has 0 saturated heterocycles. The van der Waals surface area contributed by atoms with Gasteiger partial charge in [-0.1, -0.05) is 24.3 Å². The number of aryl methyl sites for hydroxylation is 1. The third kappa shape index (κ3) is 1.71. The first-order chi connectivity index (χ1) is 6.77. The predicted octanol–water partition coefficient (Wildman–Crippen LogP) is 2.76. The Labute approximate surface area is 82.3 Å². The molecule has 0 aromatic heterocycles. The molecule has 0 radical (unpaired) electrons. The summed E-state index contributed by atoms with van der Waals surface area (Å²) in [5, 5.41) is 8.57. The summed E-state index contributed by atoms with van der Waals surface area (Å²) in [7, 11) is 0. The van der Waals surface area contributed by atoms with E-state index in [1.165, 1.54) is 5.56 Å². The van der Waals surface area contributed by atoms with Crippen molar-refractivity contribution in [1.82, 2.24) is 0 Å². The standard InChI is InChI=1S/C11H12O3/c12-11(13)14-10-7-3-5-8-4-1-2-6-9(8)10/h1-2,4,6,10H,3,5,7H2,(H,12,13)/t10-/m0/s1. The molecule has 0 saturated carbocycles. The summed E-state index contributed by atoms with van der Waals surface area (Å²) < 4.78 is 4.83. The van der Waals surface area contributed by atoms with Gasteiger partial charge in [0.25, 0.3) is 0 Å². The first kappa shape index (κ1) is 9.06. The summed E-state index contributed by atoms with van der Waals surface area (Å²) in [6.45, 7) is 0. The number of hydrogen-bond donors (Lipinski definition) is 1. The normalized spacial score (nSPS) is 19.9. The van der Waals surface area contributed by atoms with E-state index in [4.69, 9.17) is 9.84 Å². The topological polar surface area (TPSA) is 46.5 Å². The van der Waals surface area contributed by atoms with E-state index < -0.39 is 6.16 Å². The molecular formula is C11H12O3. The average molecular weight is 192 g/mol. The summed E-state index contributed by atoms with van der Waals surface area (Å²) in [6.07, 6.45) is 1.36. The van der Waals surface area contributed by atoms with E-state index in [0.717, 1.165) is 24.8 Å². The van der Waals surface area contributed by atoms with E-state index in [0.29, 0.717) is 0 Å². The van der Waals surface area contributed by atoms with Crippen molar-refractivity contribution in [2.45, 2.75) is 25.4 Å². The van der Waals surface area contributed by atoms with Gasteiger partial charge in [0.1, 0.15) is 6.10 Å². The van der Waals surface area contributed by atoms with E-state index in [1.807, 2.05) is 24.3 Å². The van der Waals surface area contributed by atoms with Crippen molar-refractivity contribution < 1.29 is 14.6 Å². The monoisotopic (exact) mass is 192 g/mol. The molecule has 0 spiro atoms. The van der Waals surface area contributed by atoms with E-state index in [9.17, 15) is 4.79 Å². The van der Waals surface area contributed by atoms with Crippen LogP contribution in [0.15, 0.2) is 24.3 Å². The zero-order valence-electron chi connectivity index (χ0n) is 7.77. The van der Waals surface area contributed by atoms with Gasteiger partial charge in [-0.2, -0.15) is 0 Å². The van der Waals surface area contributed by atoms with Crippen molar-refractivity contribution in [2.24, 2.45) is 0 Å². The average Bonchev–Trinajstić information content (AvgIpc) is 2.18. The molecule has 14 heavy (non-hydrogen) atoms. The van der Waals surface area contributed by atoms with Gasteiger partial charge in [-0.05, 0) is 30.4 Å². The van der Waals surface area contributed by atoms with Crippen LogP contribution in [0.3, 0.4) is 0 Å². The number of fused-ring (bicyclic) bond motifs is 1. The van der Waals surface area contributed by atoms with Gasteiger partial charge in [-0.25, -0.2) is 4.79 Å². The third-order valence-corrected chi connectivity index (χ3v) is 2.56. The van der Waals surface area contributed by atoms with Crippen LogP contribution in [0, 0.1) is 0 Å². The maximum absolute atomic E-state index is 10.5. The fourth-order valence-corrected chi connectivity index (χ4v) is 1.95. The summed E-state index contributed by atoms with van der Waals surface area (Å²) in [5.74, 6) is 0. The molecule has 1 atom stereocenters. The molecular weight excluding hydrogens is 180 g/mol. The molecule has 1 aliphatic rings. The van der Waals surface area contributed by atoms with Crippen molar-refractivity contribution >= 4 is 6.16 Å². The fraction of sp³-hybridized carbons (Fsp3) is 0.364. The minimum Gasteiger partial charge on any atom is -0.450 e. The number of carboxylic acid groups (broad SMARTS) is 1. The van der Waals surface area contributed by atoms with Gasteiger partial charge in [0.2, 0.25) is 0 Å². The minimum atomic E-state index is -1.19. The highest BCUT2D eigenvalue weighted by Crippen LogP contribution is 2.32. The molecule has 1 N–H and O–H groups in total. The minimum absolute atomic E-state index is 0.266. The Kier molecular flexibility index (Phi) is 2.39. The van der Waals surface area contributed by atoms with Gasteiger partial charge >= 0.3 is 6.16 Å². The largest absolute Gasteiger partial charge is 0.506 e. The number of carbonyl (C=O) groups is 1. The van der Waals surface area contributed by atoms with Crippen molar-refractivity contribution in [1.29, 1.82) is 0 Å². The first-order valence-corrected chi connectivity index (χ1v) is 4.75. The maximum atomic E-state index is 10.5. The van der Waals surface area contributed by atoms with E-state index >= 15 is 0 Å². The number of benzene rings is 1. The molecule has 0 fully saturated rings. The molecule has 1 aromatic rings. The summed E-state index contributed by atoms with van der Waals surface area (Å²) >= 11 is 0. The number of rotatable bonds is 1. The maximum Gasteiger partial charge on any atom is 0.506 e. The van der Waals surface area contributed by atoms with Crippen molar-refractivity contribution in [2.75, 3.05) is 0 Å². The van der Waals surface area contributed by atoms with E-state index in [2.05, 4.69) is 0 Å². The molecule has 1 aliphatic carbocycles. The van der Waals surface area contributed by atoms with Crippen LogP contribution >= 0.6 is 0 Å². The van der Waals surface area contributed by atoms with Crippen LogP contribution in [0.5, 0.6) is 0 Å². The molecule has 0 bridgehead atoms.